The Hall–Kier alpha value is -1.58. The van der Waals surface area contributed by atoms with Crippen LogP contribution in [-0.2, 0) is 10.0 Å². The molecular formula is C11H14FN3O4S. The van der Waals surface area contributed by atoms with E-state index in [0.717, 1.165) is 18.2 Å². The van der Waals surface area contributed by atoms with Gasteiger partial charge in [0.25, 0.3) is 0 Å². The highest BCUT2D eigenvalue weighted by Gasteiger charge is 2.30. The summed E-state index contributed by atoms with van der Waals surface area (Å²) in [5.74, 6) is -1.05. The third-order valence-corrected chi connectivity index (χ3v) is 4.94. The number of hydrogen-bond donors (Lipinski definition) is 1. The Bertz CT molecular complexity index is 635. The Morgan fingerprint density at radius 1 is 1.50 bits per heavy atom. The predicted molar refractivity (Wildman–Crippen MR) is 69.3 cm³/mol. The van der Waals surface area contributed by atoms with Crippen molar-refractivity contribution in [2.45, 2.75) is 17.9 Å². The summed E-state index contributed by atoms with van der Waals surface area (Å²) in [6, 6.07) is 2.60. The minimum atomic E-state index is -3.85. The Labute approximate surface area is 115 Å². The lowest BCUT2D eigenvalue weighted by molar-refractivity contribution is -0.387. The largest absolute Gasteiger partial charge is 0.312 e. The van der Waals surface area contributed by atoms with Gasteiger partial charge in [0.15, 0.2) is 0 Å². The summed E-state index contributed by atoms with van der Waals surface area (Å²) in [4.78, 5) is 9.48. The van der Waals surface area contributed by atoms with Gasteiger partial charge in [-0.1, -0.05) is 0 Å². The number of rotatable bonds is 3. The van der Waals surface area contributed by atoms with Crippen LogP contribution in [0.1, 0.15) is 6.92 Å². The van der Waals surface area contributed by atoms with Gasteiger partial charge in [0.2, 0.25) is 15.8 Å². The maximum absolute atomic E-state index is 13.3. The molecule has 9 heteroatoms. The number of sulfonamides is 1. The van der Waals surface area contributed by atoms with E-state index in [1.165, 1.54) is 4.31 Å². The summed E-state index contributed by atoms with van der Waals surface area (Å²) >= 11 is 0. The highest BCUT2D eigenvalue weighted by Crippen LogP contribution is 2.24. The lowest BCUT2D eigenvalue weighted by Crippen LogP contribution is -2.51. The van der Waals surface area contributed by atoms with Crippen molar-refractivity contribution in [2.24, 2.45) is 0 Å². The van der Waals surface area contributed by atoms with Crippen LogP contribution in [0.4, 0.5) is 10.1 Å². The summed E-state index contributed by atoms with van der Waals surface area (Å²) in [5.41, 5.74) is -0.839. The lowest BCUT2D eigenvalue weighted by atomic mass is 10.3. The first-order chi connectivity index (χ1) is 9.32. The van der Waals surface area contributed by atoms with Gasteiger partial charge < -0.3 is 5.32 Å². The molecule has 1 aliphatic rings. The van der Waals surface area contributed by atoms with Crippen LogP contribution in [0.15, 0.2) is 23.1 Å². The molecule has 0 spiro atoms. The van der Waals surface area contributed by atoms with Gasteiger partial charge in [-0.15, -0.1) is 0 Å². The molecule has 20 heavy (non-hydrogen) atoms. The van der Waals surface area contributed by atoms with Crippen LogP contribution in [0.5, 0.6) is 0 Å². The average Bonchev–Trinajstić information content (AvgIpc) is 2.38. The second kappa shape index (κ2) is 5.43. The number of hydrogen-bond acceptors (Lipinski definition) is 5. The van der Waals surface area contributed by atoms with Crippen LogP contribution < -0.4 is 5.32 Å². The lowest BCUT2D eigenvalue weighted by Gasteiger charge is -2.30. The van der Waals surface area contributed by atoms with Crippen LogP contribution >= 0.6 is 0 Å². The van der Waals surface area contributed by atoms with Crippen molar-refractivity contribution >= 4 is 15.7 Å². The maximum atomic E-state index is 13.3. The highest BCUT2D eigenvalue weighted by molar-refractivity contribution is 7.89. The standard InChI is InChI=1S/C11H14FN3O4S/c1-8-7-14(5-4-13-8)20(18,19)9-2-3-10(12)11(6-9)15(16)17/h2-3,6,8,13H,4-5,7H2,1H3/t8-/m0/s1. The van der Waals surface area contributed by atoms with Crippen LogP contribution in [0, 0.1) is 15.9 Å². The van der Waals surface area contributed by atoms with Crippen molar-refractivity contribution in [3.8, 4) is 0 Å². The SMILES string of the molecule is C[C@H]1CN(S(=O)(=O)c2ccc(F)c([N+](=O)[O-])c2)CCN1. The molecule has 1 aliphatic heterocycles. The van der Waals surface area contributed by atoms with Crippen LogP contribution in [0.2, 0.25) is 0 Å². The maximum Gasteiger partial charge on any atom is 0.306 e. The van der Waals surface area contributed by atoms with Gasteiger partial charge in [0.1, 0.15) is 0 Å². The van der Waals surface area contributed by atoms with Crippen molar-refractivity contribution in [1.29, 1.82) is 0 Å². The molecule has 0 amide bonds. The second-order valence-corrected chi connectivity index (χ2v) is 6.53. The molecule has 1 atom stereocenters. The Balaban J connectivity index is 2.39. The van der Waals surface area contributed by atoms with E-state index < -0.39 is 26.5 Å². The molecule has 110 valence electrons. The minimum Gasteiger partial charge on any atom is -0.312 e. The number of nitro groups is 1. The summed E-state index contributed by atoms with van der Waals surface area (Å²) in [6.07, 6.45) is 0. The quantitative estimate of drug-likeness (QED) is 0.656. The van der Waals surface area contributed by atoms with E-state index in [1.807, 2.05) is 6.92 Å². The molecule has 0 radical (unpaired) electrons. The monoisotopic (exact) mass is 303 g/mol. The molecule has 7 nitrogen and oxygen atoms in total. The molecule has 2 rings (SSSR count). The number of nitro benzene ring substituents is 1. The first kappa shape index (κ1) is 14.8. The fourth-order valence-corrected chi connectivity index (χ4v) is 3.61. The molecule has 0 saturated carbocycles. The number of halogens is 1. The second-order valence-electron chi connectivity index (χ2n) is 4.59. The van der Waals surface area contributed by atoms with Crippen LogP contribution in [0.3, 0.4) is 0 Å². The predicted octanol–water partition coefficient (Wildman–Crippen LogP) is 0.716. The van der Waals surface area contributed by atoms with Crippen molar-refractivity contribution in [2.75, 3.05) is 19.6 Å². The molecule has 0 bridgehead atoms. The average molecular weight is 303 g/mol. The number of benzene rings is 1. The van der Waals surface area contributed by atoms with Gasteiger partial charge in [0, 0.05) is 31.7 Å². The topological polar surface area (TPSA) is 92.5 Å². The van der Waals surface area contributed by atoms with Gasteiger partial charge in [-0.05, 0) is 19.1 Å². The number of piperazine rings is 1. The number of nitrogens with zero attached hydrogens (tertiary/aromatic N) is 2. The fraction of sp³-hybridized carbons (Fsp3) is 0.455. The van der Waals surface area contributed by atoms with Crippen LogP contribution in [0.25, 0.3) is 0 Å². The van der Waals surface area contributed by atoms with Crippen LogP contribution in [-0.4, -0.2) is 43.3 Å². The van der Waals surface area contributed by atoms with E-state index >= 15 is 0 Å². The van der Waals surface area contributed by atoms with Crippen molar-refractivity contribution in [1.82, 2.24) is 9.62 Å². The first-order valence-electron chi connectivity index (χ1n) is 6.00. The third kappa shape index (κ3) is 2.79. The molecule has 1 fully saturated rings. The van der Waals surface area contributed by atoms with Crippen molar-refractivity contribution < 1.29 is 17.7 Å². The van der Waals surface area contributed by atoms with E-state index in [-0.39, 0.29) is 24.0 Å². The Morgan fingerprint density at radius 2 is 2.20 bits per heavy atom. The van der Waals surface area contributed by atoms with Gasteiger partial charge in [0.05, 0.1) is 9.82 Å². The van der Waals surface area contributed by atoms with Gasteiger partial charge in [-0.2, -0.15) is 8.70 Å². The van der Waals surface area contributed by atoms with Gasteiger partial charge in [-0.3, -0.25) is 10.1 Å². The zero-order chi connectivity index (χ0) is 14.9. The summed E-state index contributed by atoms with van der Waals surface area (Å²) in [5, 5.41) is 13.8. The van der Waals surface area contributed by atoms with Gasteiger partial charge >= 0.3 is 5.69 Å². The molecule has 1 N–H and O–H groups in total. The highest BCUT2D eigenvalue weighted by atomic mass is 32.2. The number of nitrogens with one attached hydrogen (secondary N) is 1. The first-order valence-corrected chi connectivity index (χ1v) is 7.44. The normalized spacial score (nSPS) is 20.8. The smallest absolute Gasteiger partial charge is 0.306 e. The Kier molecular flexibility index (Phi) is 4.02. The minimum absolute atomic E-state index is 0.00559. The zero-order valence-corrected chi connectivity index (χ0v) is 11.6. The van der Waals surface area contributed by atoms with Gasteiger partial charge in [-0.25, -0.2) is 8.42 Å². The molecule has 0 aliphatic carbocycles. The molecule has 0 unspecified atom stereocenters. The molecule has 1 aromatic rings. The molecular weight excluding hydrogens is 289 g/mol. The summed E-state index contributed by atoms with van der Waals surface area (Å²) < 4.78 is 39.2. The molecule has 1 heterocycles. The van der Waals surface area contributed by atoms with E-state index in [1.54, 1.807) is 0 Å². The van der Waals surface area contributed by atoms with Crippen molar-refractivity contribution in [3.05, 3.63) is 34.1 Å². The Morgan fingerprint density at radius 3 is 2.80 bits per heavy atom. The van der Waals surface area contributed by atoms with E-state index in [9.17, 15) is 22.9 Å². The molecule has 0 aromatic heterocycles. The zero-order valence-electron chi connectivity index (χ0n) is 10.7. The third-order valence-electron chi connectivity index (χ3n) is 3.08. The molecule has 1 aromatic carbocycles. The molecule has 1 saturated heterocycles. The van der Waals surface area contributed by atoms with E-state index in [4.69, 9.17) is 0 Å². The summed E-state index contributed by atoms with van der Waals surface area (Å²) in [6.45, 7) is 2.89. The van der Waals surface area contributed by atoms with E-state index in [2.05, 4.69) is 5.32 Å². The summed E-state index contributed by atoms with van der Waals surface area (Å²) in [7, 11) is -3.85. The fourth-order valence-electron chi connectivity index (χ4n) is 2.06. The van der Waals surface area contributed by atoms with Crippen molar-refractivity contribution in [3.63, 3.8) is 0 Å². The van der Waals surface area contributed by atoms with E-state index in [0.29, 0.717) is 6.54 Å².